The van der Waals surface area contributed by atoms with Crippen molar-refractivity contribution in [3.8, 4) is 5.75 Å². The highest BCUT2D eigenvalue weighted by molar-refractivity contribution is 6.46. The summed E-state index contributed by atoms with van der Waals surface area (Å²) in [5, 5.41) is 11.4. The number of halogens is 1. The monoisotopic (exact) mass is 416 g/mol. The molecule has 1 atom stereocenters. The molecule has 1 aliphatic rings. The number of likely N-dealkylation sites (tertiary alicyclic amines) is 1. The number of methoxy groups -OCH3 is 2. The van der Waals surface area contributed by atoms with Crippen molar-refractivity contribution >= 4 is 29.1 Å². The van der Waals surface area contributed by atoms with Gasteiger partial charge in [-0.1, -0.05) is 17.7 Å². The van der Waals surface area contributed by atoms with Gasteiger partial charge in [-0.25, -0.2) is 0 Å². The van der Waals surface area contributed by atoms with E-state index in [0.717, 1.165) is 5.56 Å². The maximum Gasteiger partial charge on any atom is 0.295 e. The number of Topliss-reactive ketones (excluding diaryl/α,β-unsaturated/α-hetero) is 1. The van der Waals surface area contributed by atoms with Gasteiger partial charge in [0, 0.05) is 19.9 Å². The number of aryl methyl sites for hydroxylation is 1. The largest absolute Gasteiger partial charge is 0.507 e. The molecule has 2 heterocycles. The topological polar surface area (TPSA) is 89.0 Å². The Labute approximate surface area is 173 Å². The van der Waals surface area contributed by atoms with Gasteiger partial charge in [-0.3, -0.25) is 14.6 Å². The van der Waals surface area contributed by atoms with Gasteiger partial charge in [0.25, 0.3) is 11.7 Å². The van der Waals surface area contributed by atoms with Crippen LogP contribution in [-0.4, -0.2) is 54.1 Å². The molecule has 152 valence electrons. The minimum atomic E-state index is -0.852. The highest BCUT2D eigenvalue weighted by Crippen LogP contribution is 2.42. The smallest absolute Gasteiger partial charge is 0.295 e. The summed E-state index contributed by atoms with van der Waals surface area (Å²) in [7, 11) is 2.92. The first-order valence-electron chi connectivity index (χ1n) is 8.93. The molecule has 2 aromatic rings. The second-order valence-corrected chi connectivity index (χ2v) is 6.97. The number of aromatic nitrogens is 1. The summed E-state index contributed by atoms with van der Waals surface area (Å²) in [6.45, 7) is 2.20. The van der Waals surface area contributed by atoms with Gasteiger partial charge in [0.15, 0.2) is 0 Å². The quantitative estimate of drug-likeness (QED) is 0.442. The Hall–Kier alpha value is -2.90. The molecular weight excluding hydrogens is 396 g/mol. The zero-order valence-corrected chi connectivity index (χ0v) is 17.1. The Kier molecular flexibility index (Phi) is 6.20. The number of rotatable bonds is 6. The molecule has 1 aromatic carbocycles. The van der Waals surface area contributed by atoms with Gasteiger partial charge in [0.1, 0.15) is 17.6 Å². The van der Waals surface area contributed by atoms with E-state index >= 15 is 0 Å². The molecule has 0 aliphatic carbocycles. The van der Waals surface area contributed by atoms with Crippen molar-refractivity contribution in [2.75, 3.05) is 27.4 Å². The van der Waals surface area contributed by atoms with Crippen LogP contribution in [0, 0.1) is 6.92 Å². The summed E-state index contributed by atoms with van der Waals surface area (Å²) in [6.07, 6.45) is 1.57. The van der Waals surface area contributed by atoms with Crippen molar-refractivity contribution in [3.05, 3.63) is 63.9 Å². The van der Waals surface area contributed by atoms with Crippen molar-refractivity contribution in [2.24, 2.45) is 0 Å². The number of amides is 1. The molecule has 0 spiro atoms. The van der Waals surface area contributed by atoms with E-state index < -0.39 is 17.7 Å². The highest BCUT2D eigenvalue weighted by atomic mass is 35.5. The van der Waals surface area contributed by atoms with Crippen LogP contribution >= 0.6 is 11.6 Å². The first-order valence-corrected chi connectivity index (χ1v) is 9.31. The van der Waals surface area contributed by atoms with Gasteiger partial charge in [-0.15, -0.1) is 0 Å². The fourth-order valence-corrected chi connectivity index (χ4v) is 3.75. The zero-order chi connectivity index (χ0) is 21.1. The predicted molar refractivity (Wildman–Crippen MR) is 108 cm³/mol. The Morgan fingerprint density at radius 3 is 2.66 bits per heavy atom. The highest BCUT2D eigenvalue weighted by Gasteiger charge is 2.46. The third kappa shape index (κ3) is 3.83. The van der Waals surface area contributed by atoms with E-state index in [0.29, 0.717) is 5.69 Å². The van der Waals surface area contributed by atoms with Gasteiger partial charge < -0.3 is 19.5 Å². The maximum absolute atomic E-state index is 12.9. The molecule has 29 heavy (non-hydrogen) atoms. The molecular formula is C21H21ClN2O5. The first-order chi connectivity index (χ1) is 13.9. The Morgan fingerprint density at radius 1 is 1.28 bits per heavy atom. The van der Waals surface area contributed by atoms with Crippen LogP contribution in [0.2, 0.25) is 5.02 Å². The number of aliphatic hydroxyl groups excluding tert-OH is 1. The van der Waals surface area contributed by atoms with Gasteiger partial charge in [0.05, 0.1) is 35.6 Å². The number of hydrogen-bond donors (Lipinski definition) is 1. The molecule has 1 aliphatic heterocycles. The van der Waals surface area contributed by atoms with Crippen molar-refractivity contribution < 1.29 is 24.2 Å². The van der Waals surface area contributed by atoms with Crippen LogP contribution in [0.25, 0.3) is 5.76 Å². The van der Waals surface area contributed by atoms with E-state index in [1.807, 2.05) is 0 Å². The molecule has 7 nitrogen and oxygen atoms in total. The standard InChI is InChI=1S/C21H21ClN2O5/c1-12-10-13(20(29-3)14(22)11-12)18(25)16-17(15-6-4-5-7-23-15)24(8-9-28-2)21(27)19(16)26/h4-7,10-11,17,25H,8-9H2,1-3H3/b18-16+. The van der Waals surface area contributed by atoms with E-state index in [-0.39, 0.29) is 40.8 Å². The SMILES string of the molecule is COCCN1C(=O)C(=O)/C(=C(/O)c2cc(C)cc(Cl)c2OC)C1c1ccccn1. The number of carbonyl (C=O) groups excluding carboxylic acids is 2. The number of benzene rings is 1. The lowest BCUT2D eigenvalue weighted by atomic mass is 9.97. The Bertz CT molecular complexity index is 975. The molecule has 1 saturated heterocycles. The normalized spacial score (nSPS) is 18.3. The number of ketones is 1. The van der Waals surface area contributed by atoms with E-state index in [2.05, 4.69) is 4.98 Å². The lowest BCUT2D eigenvalue weighted by Crippen LogP contribution is -2.33. The van der Waals surface area contributed by atoms with Crippen LogP contribution in [0.5, 0.6) is 5.75 Å². The first kappa shape index (κ1) is 20.8. The van der Waals surface area contributed by atoms with Crippen LogP contribution < -0.4 is 4.74 Å². The molecule has 0 bridgehead atoms. The van der Waals surface area contributed by atoms with Crippen molar-refractivity contribution in [1.29, 1.82) is 0 Å². The average molecular weight is 417 g/mol. The van der Waals surface area contributed by atoms with Crippen LogP contribution in [0.15, 0.2) is 42.1 Å². The van der Waals surface area contributed by atoms with E-state index in [9.17, 15) is 14.7 Å². The molecule has 1 fully saturated rings. The zero-order valence-electron chi connectivity index (χ0n) is 16.3. The van der Waals surface area contributed by atoms with Crippen LogP contribution in [0.3, 0.4) is 0 Å². The molecule has 0 saturated carbocycles. The molecule has 1 unspecified atom stereocenters. The fraction of sp³-hybridized carbons (Fsp3) is 0.286. The number of carbonyl (C=O) groups is 2. The Morgan fingerprint density at radius 2 is 2.03 bits per heavy atom. The Balaban J connectivity index is 2.24. The number of ether oxygens (including phenoxy) is 2. The lowest BCUT2D eigenvalue weighted by molar-refractivity contribution is -0.140. The molecule has 1 aromatic heterocycles. The third-order valence-corrected chi connectivity index (χ3v) is 4.97. The predicted octanol–water partition coefficient (Wildman–Crippen LogP) is 3.12. The van der Waals surface area contributed by atoms with E-state index in [4.69, 9.17) is 21.1 Å². The summed E-state index contributed by atoms with van der Waals surface area (Å²) in [5.74, 6) is -1.66. The molecule has 0 radical (unpaired) electrons. The third-order valence-electron chi connectivity index (χ3n) is 4.69. The number of pyridine rings is 1. The second-order valence-electron chi connectivity index (χ2n) is 6.57. The van der Waals surface area contributed by atoms with Gasteiger partial charge in [-0.2, -0.15) is 0 Å². The molecule has 1 N–H and O–H groups in total. The summed E-state index contributed by atoms with van der Waals surface area (Å²) in [6, 6.07) is 7.67. The summed E-state index contributed by atoms with van der Waals surface area (Å²) < 4.78 is 10.4. The summed E-state index contributed by atoms with van der Waals surface area (Å²) in [4.78, 5) is 31.3. The van der Waals surface area contributed by atoms with E-state index in [1.54, 1.807) is 43.5 Å². The minimum absolute atomic E-state index is 0.0650. The molecule has 1 amide bonds. The van der Waals surface area contributed by atoms with E-state index in [1.165, 1.54) is 19.1 Å². The summed E-state index contributed by atoms with van der Waals surface area (Å²) in [5.41, 5.74) is 1.40. The number of nitrogens with zero attached hydrogens (tertiary/aromatic N) is 2. The van der Waals surface area contributed by atoms with Gasteiger partial charge in [-0.05, 0) is 36.8 Å². The minimum Gasteiger partial charge on any atom is -0.507 e. The van der Waals surface area contributed by atoms with Crippen LogP contribution in [-0.2, 0) is 14.3 Å². The van der Waals surface area contributed by atoms with Gasteiger partial charge >= 0.3 is 0 Å². The summed E-state index contributed by atoms with van der Waals surface area (Å²) >= 11 is 6.25. The van der Waals surface area contributed by atoms with Crippen LogP contribution in [0.4, 0.5) is 0 Å². The van der Waals surface area contributed by atoms with Crippen LogP contribution in [0.1, 0.15) is 22.9 Å². The maximum atomic E-state index is 12.9. The second kappa shape index (κ2) is 8.63. The van der Waals surface area contributed by atoms with Gasteiger partial charge in [0.2, 0.25) is 0 Å². The fourth-order valence-electron chi connectivity index (χ4n) is 3.40. The number of aliphatic hydroxyl groups is 1. The van der Waals surface area contributed by atoms with Crippen molar-refractivity contribution in [2.45, 2.75) is 13.0 Å². The lowest BCUT2D eigenvalue weighted by Gasteiger charge is -2.24. The van der Waals surface area contributed by atoms with Crippen molar-refractivity contribution in [3.63, 3.8) is 0 Å². The number of hydrogen-bond acceptors (Lipinski definition) is 6. The molecule has 3 rings (SSSR count). The molecule has 8 heteroatoms. The van der Waals surface area contributed by atoms with Crippen molar-refractivity contribution in [1.82, 2.24) is 9.88 Å². The average Bonchev–Trinajstić information content (AvgIpc) is 2.96.